The molecule has 3 rings (SSSR count). The van der Waals surface area contributed by atoms with Gasteiger partial charge < -0.3 is 9.32 Å². The van der Waals surface area contributed by atoms with E-state index in [1.807, 2.05) is 29.2 Å². The highest BCUT2D eigenvalue weighted by Crippen LogP contribution is 2.22. The summed E-state index contributed by atoms with van der Waals surface area (Å²) >= 11 is 0. The van der Waals surface area contributed by atoms with Crippen molar-refractivity contribution in [1.82, 2.24) is 9.80 Å². The molecule has 0 atom stereocenters. The number of rotatable bonds is 3. The molecular weight excluding hydrogens is 300 g/mol. The van der Waals surface area contributed by atoms with Gasteiger partial charge in [0.15, 0.2) is 0 Å². The third-order valence-corrected chi connectivity index (χ3v) is 4.62. The highest BCUT2D eigenvalue weighted by molar-refractivity contribution is 5.94. The van der Waals surface area contributed by atoms with Gasteiger partial charge in [0.25, 0.3) is 5.91 Å². The van der Waals surface area contributed by atoms with E-state index in [1.54, 1.807) is 6.26 Å². The normalized spacial score (nSPS) is 16.4. The van der Waals surface area contributed by atoms with Gasteiger partial charge in [0.05, 0.1) is 12.8 Å². The van der Waals surface area contributed by atoms with Crippen molar-refractivity contribution < 1.29 is 9.21 Å². The van der Waals surface area contributed by atoms with Gasteiger partial charge in [-0.05, 0) is 35.2 Å². The lowest BCUT2D eigenvalue weighted by molar-refractivity contribution is 0.0620. The smallest absolute Gasteiger partial charge is 0.253 e. The van der Waals surface area contributed by atoms with Gasteiger partial charge in [-0.1, -0.05) is 32.9 Å². The fraction of sp³-hybridized carbons (Fsp3) is 0.450. The molecule has 1 saturated heterocycles. The molecule has 1 aromatic carbocycles. The second-order valence-electron chi connectivity index (χ2n) is 7.48. The van der Waals surface area contributed by atoms with Crippen LogP contribution in [0.25, 0.3) is 0 Å². The van der Waals surface area contributed by atoms with Crippen LogP contribution in [0.5, 0.6) is 0 Å². The molecule has 0 N–H and O–H groups in total. The SMILES string of the molecule is CC(C)(C)c1ccc(C(=O)N2CCN(Cc3ccco3)CC2)cc1. The molecule has 0 spiro atoms. The zero-order valence-corrected chi connectivity index (χ0v) is 14.8. The van der Waals surface area contributed by atoms with Gasteiger partial charge in [-0.3, -0.25) is 9.69 Å². The predicted octanol–water partition coefficient (Wildman–Crippen LogP) is 3.54. The summed E-state index contributed by atoms with van der Waals surface area (Å²) in [5.74, 6) is 1.11. The van der Waals surface area contributed by atoms with Crippen LogP contribution in [0.3, 0.4) is 0 Å². The fourth-order valence-electron chi connectivity index (χ4n) is 3.03. The maximum atomic E-state index is 12.7. The Morgan fingerprint density at radius 1 is 1.04 bits per heavy atom. The molecule has 0 saturated carbocycles. The summed E-state index contributed by atoms with van der Waals surface area (Å²) in [6, 6.07) is 12.0. The van der Waals surface area contributed by atoms with Crippen molar-refractivity contribution in [2.24, 2.45) is 0 Å². The lowest BCUT2D eigenvalue weighted by atomic mass is 9.86. The average Bonchev–Trinajstić information content (AvgIpc) is 3.07. The number of hydrogen-bond acceptors (Lipinski definition) is 3. The first-order valence-corrected chi connectivity index (χ1v) is 8.58. The first-order valence-electron chi connectivity index (χ1n) is 8.58. The summed E-state index contributed by atoms with van der Waals surface area (Å²) < 4.78 is 5.40. The van der Waals surface area contributed by atoms with E-state index in [1.165, 1.54) is 5.56 Å². The maximum Gasteiger partial charge on any atom is 0.253 e. The zero-order valence-electron chi connectivity index (χ0n) is 14.8. The maximum absolute atomic E-state index is 12.7. The molecule has 1 aliphatic rings. The van der Waals surface area contributed by atoms with Gasteiger partial charge in [0.2, 0.25) is 0 Å². The van der Waals surface area contributed by atoms with E-state index >= 15 is 0 Å². The fourth-order valence-corrected chi connectivity index (χ4v) is 3.03. The number of piperazine rings is 1. The molecule has 24 heavy (non-hydrogen) atoms. The summed E-state index contributed by atoms with van der Waals surface area (Å²) in [4.78, 5) is 16.9. The first kappa shape index (κ1) is 16.8. The molecule has 0 aliphatic carbocycles. The quantitative estimate of drug-likeness (QED) is 0.866. The van der Waals surface area contributed by atoms with E-state index in [2.05, 4.69) is 37.8 Å². The molecule has 0 unspecified atom stereocenters. The Bertz CT molecular complexity index is 661. The second kappa shape index (κ2) is 6.81. The minimum atomic E-state index is 0.110. The number of carbonyl (C=O) groups excluding carboxylic acids is 1. The van der Waals surface area contributed by atoms with E-state index in [0.717, 1.165) is 44.0 Å². The van der Waals surface area contributed by atoms with Gasteiger partial charge in [-0.2, -0.15) is 0 Å². The number of hydrogen-bond donors (Lipinski definition) is 0. The molecule has 1 aromatic heterocycles. The van der Waals surface area contributed by atoms with Crippen LogP contribution >= 0.6 is 0 Å². The molecule has 4 heteroatoms. The van der Waals surface area contributed by atoms with Crippen LogP contribution in [0.2, 0.25) is 0 Å². The number of amides is 1. The lowest BCUT2D eigenvalue weighted by Gasteiger charge is -2.34. The summed E-state index contributed by atoms with van der Waals surface area (Å²) in [7, 11) is 0. The van der Waals surface area contributed by atoms with Gasteiger partial charge in [0, 0.05) is 31.7 Å². The van der Waals surface area contributed by atoms with Crippen molar-refractivity contribution in [2.45, 2.75) is 32.7 Å². The monoisotopic (exact) mass is 326 g/mol. The molecule has 0 radical (unpaired) electrons. The van der Waals surface area contributed by atoms with Crippen LogP contribution in [-0.4, -0.2) is 41.9 Å². The minimum absolute atomic E-state index is 0.110. The standard InChI is InChI=1S/C20H26N2O2/c1-20(2,3)17-8-6-16(7-9-17)19(23)22-12-10-21(11-13-22)15-18-5-4-14-24-18/h4-9,14H,10-13,15H2,1-3H3. The molecule has 1 aliphatic heterocycles. The van der Waals surface area contributed by atoms with E-state index < -0.39 is 0 Å². The third-order valence-electron chi connectivity index (χ3n) is 4.62. The first-order chi connectivity index (χ1) is 11.4. The van der Waals surface area contributed by atoms with Crippen LogP contribution in [0.4, 0.5) is 0 Å². The van der Waals surface area contributed by atoms with Crippen LogP contribution in [-0.2, 0) is 12.0 Å². The van der Waals surface area contributed by atoms with E-state index in [0.29, 0.717) is 0 Å². The van der Waals surface area contributed by atoms with Crippen molar-refractivity contribution in [2.75, 3.05) is 26.2 Å². The largest absolute Gasteiger partial charge is 0.468 e. The number of carbonyl (C=O) groups is 1. The molecule has 1 amide bonds. The molecule has 1 fully saturated rings. The lowest BCUT2D eigenvalue weighted by Crippen LogP contribution is -2.48. The summed E-state index contributed by atoms with van der Waals surface area (Å²) in [5, 5.41) is 0. The van der Waals surface area contributed by atoms with Crippen molar-refractivity contribution in [3.63, 3.8) is 0 Å². The van der Waals surface area contributed by atoms with Crippen LogP contribution in [0.1, 0.15) is 42.5 Å². The Kier molecular flexibility index (Phi) is 4.76. The van der Waals surface area contributed by atoms with Gasteiger partial charge >= 0.3 is 0 Å². The van der Waals surface area contributed by atoms with E-state index in [-0.39, 0.29) is 11.3 Å². The highest BCUT2D eigenvalue weighted by atomic mass is 16.3. The van der Waals surface area contributed by atoms with Gasteiger partial charge in [-0.15, -0.1) is 0 Å². The number of benzene rings is 1. The van der Waals surface area contributed by atoms with Gasteiger partial charge in [-0.25, -0.2) is 0 Å². The minimum Gasteiger partial charge on any atom is -0.468 e. The van der Waals surface area contributed by atoms with Gasteiger partial charge in [0.1, 0.15) is 5.76 Å². The molecule has 2 aromatic rings. The molecule has 2 heterocycles. The van der Waals surface area contributed by atoms with Crippen LogP contribution in [0, 0.1) is 0 Å². The average molecular weight is 326 g/mol. The van der Waals surface area contributed by atoms with Crippen molar-refractivity contribution in [1.29, 1.82) is 0 Å². The Labute approximate surface area is 144 Å². The van der Waals surface area contributed by atoms with Crippen LogP contribution < -0.4 is 0 Å². The number of nitrogens with zero attached hydrogens (tertiary/aromatic N) is 2. The Morgan fingerprint density at radius 3 is 2.25 bits per heavy atom. The summed E-state index contributed by atoms with van der Waals surface area (Å²) in [6.45, 7) is 10.7. The van der Waals surface area contributed by atoms with Crippen LogP contribution in [0.15, 0.2) is 47.1 Å². The van der Waals surface area contributed by atoms with Crippen molar-refractivity contribution >= 4 is 5.91 Å². The second-order valence-corrected chi connectivity index (χ2v) is 7.48. The topological polar surface area (TPSA) is 36.7 Å². The van der Waals surface area contributed by atoms with E-state index in [4.69, 9.17) is 4.42 Å². The molecule has 128 valence electrons. The van der Waals surface area contributed by atoms with Crippen molar-refractivity contribution in [3.05, 3.63) is 59.5 Å². The third kappa shape index (κ3) is 3.88. The predicted molar refractivity (Wildman–Crippen MR) is 95.0 cm³/mol. The number of furan rings is 1. The summed E-state index contributed by atoms with van der Waals surface area (Å²) in [5.41, 5.74) is 2.14. The molecule has 0 bridgehead atoms. The van der Waals surface area contributed by atoms with Crippen molar-refractivity contribution in [3.8, 4) is 0 Å². The Morgan fingerprint density at radius 2 is 1.71 bits per heavy atom. The zero-order chi connectivity index (χ0) is 17.2. The molecule has 4 nitrogen and oxygen atoms in total. The van der Waals surface area contributed by atoms with E-state index in [9.17, 15) is 4.79 Å². The highest BCUT2D eigenvalue weighted by Gasteiger charge is 2.23. The Balaban J connectivity index is 1.57. The summed E-state index contributed by atoms with van der Waals surface area (Å²) in [6.07, 6.45) is 1.70. The Hall–Kier alpha value is -2.07. The molecular formula is C20H26N2O2.